The predicted octanol–water partition coefficient (Wildman–Crippen LogP) is 2.72. The number of aliphatic imine (C=N–C) groups is 1. The Bertz CT molecular complexity index is 934. The van der Waals surface area contributed by atoms with Gasteiger partial charge in [-0.1, -0.05) is 18.2 Å². The Morgan fingerprint density at radius 3 is 2.57 bits per heavy atom. The zero-order valence-electron chi connectivity index (χ0n) is 17.8. The molecule has 1 aromatic carbocycles. The molecule has 2 N–H and O–H groups in total. The second kappa shape index (κ2) is 10.3. The van der Waals surface area contributed by atoms with Gasteiger partial charge in [0.2, 0.25) is 10.0 Å². The molecular weight excluding hydrogens is 418 g/mol. The Hall–Kier alpha value is -2.10. The Labute approximate surface area is 183 Å². The van der Waals surface area contributed by atoms with Crippen molar-refractivity contribution in [3.63, 3.8) is 0 Å². The maximum Gasteiger partial charge on any atom is 0.242 e. The number of thiophene rings is 1. The first-order valence-corrected chi connectivity index (χ1v) is 12.6. The highest BCUT2D eigenvalue weighted by Gasteiger charge is 2.22. The van der Waals surface area contributed by atoms with Crippen LogP contribution in [0.1, 0.15) is 25.3 Å². The molecule has 0 saturated carbocycles. The Morgan fingerprint density at radius 1 is 1.20 bits per heavy atom. The minimum absolute atomic E-state index is 0.298. The van der Waals surface area contributed by atoms with E-state index in [-0.39, 0.29) is 0 Å². The van der Waals surface area contributed by atoms with E-state index in [9.17, 15) is 8.42 Å². The predicted molar refractivity (Wildman–Crippen MR) is 125 cm³/mol. The van der Waals surface area contributed by atoms with E-state index in [0.29, 0.717) is 23.0 Å². The highest BCUT2D eigenvalue weighted by atomic mass is 32.2. The van der Waals surface area contributed by atoms with Gasteiger partial charge in [-0.3, -0.25) is 0 Å². The second-order valence-corrected chi connectivity index (χ2v) is 10.5. The van der Waals surface area contributed by atoms with Crippen LogP contribution in [0.5, 0.6) is 0 Å². The first-order valence-electron chi connectivity index (χ1n) is 10.3. The van der Waals surface area contributed by atoms with Gasteiger partial charge in [0.15, 0.2) is 5.96 Å². The summed E-state index contributed by atoms with van der Waals surface area (Å²) in [4.78, 5) is 7.41. The van der Waals surface area contributed by atoms with Crippen LogP contribution in [0.4, 0.5) is 5.00 Å². The van der Waals surface area contributed by atoms with Crippen LogP contribution in [0.25, 0.3) is 0 Å². The van der Waals surface area contributed by atoms with E-state index in [1.807, 2.05) is 19.1 Å². The summed E-state index contributed by atoms with van der Waals surface area (Å²) in [5.41, 5.74) is 0.691. The molecule has 0 radical (unpaired) electrons. The summed E-state index contributed by atoms with van der Waals surface area (Å²) in [6.07, 6.45) is 2.07. The zero-order chi connectivity index (χ0) is 21.6. The molecule has 7 nitrogen and oxygen atoms in total. The molecule has 1 aromatic heterocycles. The van der Waals surface area contributed by atoms with Crippen molar-refractivity contribution in [2.24, 2.45) is 4.99 Å². The molecule has 0 atom stereocenters. The quantitative estimate of drug-likeness (QED) is 0.502. The molecule has 2 heterocycles. The van der Waals surface area contributed by atoms with Crippen molar-refractivity contribution in [3.05, 3.63) is 47.3 Å². The molecule has 1 aliphatic rings. The number of guanidine groups is 1. The molecule has 0 bridgehead atoms. The highest BCUT2D eigenvalue weighted by Crippen LogP contribution is 2.25. The van der Waals surface area contributed by atoms with Crippen LogP contribution in [-0.2, 0) is 16.6 Å². The number of piperidine rings is 1. The maximum absolute atomic E-state index is 12.6. The lowest BCUT2D eigenvalue weighted by molar-refractivity contribution is 0.462. The van der Waals surface area contributed by atoms with Crippen molar-refractivity contribution in [1.29, 1.82) is 0 Å². The van der Waals surface area contributed by atoms with E-state index in [1.165, 1.54) is 9.31 Å². The summed E-state index contributed by atoms with van der Waals surface area (Å²) in [5.74, 6) is 0.726. The second-order valence-electron chi connectivity index (χ2n) is 7.45. The summed E-state index contributed by atoms with van der Waals surface area (Å²) >= 11 is 1.78. The van der Waals surface area contributed by atoms with Gasteiger partial charge >= 0.3 is 0 Å². The van der Waals surface area contributed by atoms with Crippen LogP contribution in [0.15, 0.2) is 51.7 Å². The fourth-order valence-electron chi connectivity index (χ4n) is 3.45. The number of anilines is 1. The molecule has 0 amide bonds. The monoisotopic (exact) mass is 449 g/mol. The van der Waals surface area contributed by atoms with E-state index in [1.54, 1.807) is 37.6 Å². The summed E-state index contributed by atoms with van der Waals surface area (Å²) in [5, 5.41) is 10.3. The Morgan fingerprint density at radius 2 is 1.93 bits per heavy atom. The van der Waals surface area contributed by atoms with Gasteiger partial charge < -0.3 is 15.5 Å². The normalized spacial score (nSPS) is 16.1. The fraction of sp³-hybridized carbons (Fsp3) is 0.476. The lowest BCUT2D eigenvalue weighted by Crippen LogP contribution is -2.48. The number of nitrogens with zero attached hydrogens (tertiary/aromatic N) is 3. The number of hydrogen-bond donors (Lipinski definition) is 2. The minimum Gasteiger partial charge on any atom is -0.363 e. The molecular formula is C21H31N5O2S2. The van der Waals surface area contributed by atoms with Crippen molar-refractivity contribution in [3.8, 4) is 0 Å². The number of nitrogens with one attached hydrogen (secondary N) is 2. The summed E-state index contributed by atoms with van der Waals surface area (Å²) in [6, 6.07) is 11.7. The standard InChI is InChI=1S/C21H31N5O2S2/c1-4-22-21(24-18-11-13-26(14-12-18)20-10-7-15-29-20)23-16-17-8-5-6-9-19(17)30(27,28)25(2)3/h5-10,15,18H,4,11-14,16H2,1-3H3,(H2,22,23,24). The smallest absolute Gasteiger partial charge is 0.242 e. The van der Waals surface area contributed by atoms with Crippen molar-refractivity contribution in [1.82, 2.24) is 14.9 Å². The third kappa shape index (κ3) is 5.53. The molecule has 1 aliphatic heterocycles. The van der Waals surface area contributed by atoms with Crippen molar-refractivity contribution >= 4 is 32.3 Å². The first-order chi connectivity index (χ1) is 14.4. The van der Waals surface area contributed by atoms with Gasteiger partial charge in [0.1, 0.15) is 0 Å². The van der Waals surface area contributed by atoms with Gasteiger partial charge in [-0.25, -0.2) is 17.7 Å². The number of rotatable bonds is 7. The lowest BCUT2D eigenvalue weighted by Gasteiger charge is -2.33. The van der Waals surface area contributed by atoms with Crippen LogP contribution >= 0.6 is 11.3 Å². The van der Waals surface area contributed by atoms with E-state index < -0.39 is 10.0 Å². The Balaban J connectivity index is 1.66. The number of benzene rings is 1. The van der Waals surface area contributed by atoms with Crippen molar-refractivity contribution in [2.75, 3.05) is 38.6 Å². The molecule has 0 aliphatic carbocycles. The highest BCUT2D eigenvalue weighted by molar-refractivity contribution is 7.89. The summed E-state index contributed by atoms with van der Waals surface area (Å²) in [7, 11) is -0.414. The van der Waals surface area contributed by atoms with E-state index in [4.69, 9.17) is 0 Å². The van der Waals surface area contributed by atoms with Gasteiger partial charge in [0, 0.05) is 39.8 Å². The Kier molecular flexibility index (Phi) is 7.74. The van der Waals surface area contributed by atoms with Crippen molar-refractivity contribution in [2.45, 2.75) is 37.2 Å². The van der Waals surface area contributed by atoms with Gasteiger partial charge in [0.05, 0.1) is 16.4 Å². The molecule has 164 valence electrons. The van der Waals surface area contributed by atoms with E-state index in [0.717, 1.165) is 38.4 Å². The first kappa shape index (κ1) is 22.6. The summed E-state index contributed by atoms with van der Waals surface area (Å²) < 4.78 is 26.5. The number of hydrogen-bond acceptors (Lipinski definition) is 5. The lowest BCUT2D eigenvalue weighted by atomic mass is 10.1. The van der Waals surface area contributed by atoms with E-state index in [2.05, 4.69) is 38.0 Å². The van der Waals surface area contributed by atoms with Gasteiger partial charge in [-0.2, -0.15) is 0 Å². The summed E-state index contributed by atoms with van der Waals surface area (Å²) in [6.45, 7) is 5.11. The van der Waals surface area contributed by atoms with Crippen LogP contribution in [0.3, 0.4) is 0 Å². The van der Waals surface area contributed by atoms with Gasteiger partial charge in [-0.05, 0) is 48.9 Å². The van der Waals surface area contributed by atoms with Gasteiger partial charge in [0.25, 0.3) is 0 Å². The van der Waals surface area contributed by atoms with E-state index >= 15 is 0 Å². The number of sulfonamides is 1. The average molecular weight is 450 g/mol. The molecule has 1 saturated heterocycles. The van der Waals surface area contributed by atoms with Crippen LogP contribution in [0, 0.1) is 0 Å². The largest absolute Gasteiger partial charge is 0.363 e. The molecule has 0 unspecified atom stereocenters. The zero-order valence-corrected chi connectivity index (χ0v) is 19.5. The van der Waals surface area contributed by atoms with Crippen LogP contribution in [0.2, 0.25) is 0 Å². The third-order valence-electron chi connectivity index (χ3n) is 5.14. The topological polar surface area (TPSA) is 77.0 Å². The third-order valence-corrected chi connectivity index (χ3v) is 7.98. The average Bonchev–Trinajstić information content (AvgIpc) is 3.28. The SMILES string of the molecule is CCNC(=NCc1ccccc1S(=O)(=O)N(C)C)NC1CCN(c2cccs2)CC1. The van der Waals surface area contributed by atoms with Crippen LogP contribution in [-0.4, -0.2) is 58.5 Å². The van der Waals surface area contributed by atoms with Crippen molar-refractivity contribution < 1.29 is 8.42 Å². The fourth-order valence-corrected chi connectivity index (χ4v) is 5.35. The molecule has 3 rings (SSSR count). The van der Waals surface area contributed by atoms with Crippen LogP contribution < -0.4 is 15.5 Å². The molecule has 9 heteroatoms. The molecule has 30 heavy (non-hydrogen) atoms. The molecule has 0 spiro atoms. The minimum atomic E-state index is -3.50. The molecule has 2 aromatic rings. The molecule has 1 fully saturated rings. The maximum atomic E-state index is 12.6. The van der Waals surface area contributed by atoms with Gasteiger partial charge in [-0.15, -0.1) is 11.3 Å².